The maximum absolute atomic E-state index is 13.2. The van der Waals surface area contributed by atoms with E-state index in [1.165, 1.54) is 12.7 Å². The van der Waals surface area contributed by atoms with Gasteiger partial charge in [0.2, 0.25) is 0 Å². The van der Waals surface area contributed by atoms with Crippen LogP contribution in [-0.2, 0) is 32.2 Å². The van der Waals surface area contributed by atoms with Gasteiger partial charge in [-0.15, -0.1) is 0 Å². The fraction of sp³-hybridized carbons (Fsp3) is 0.310. The number of carbonyl (C=O) groups excluding carboxylic acids is 1. The van der Waals surface area contributed by atoms with Crippen LogP contribution >= 0.6 is 0 Å². The lowest BCUT2D eigenvalue weighted by Gasteiger charge is -2.17. The molecule has 1 heterocycles. The lowest BCUT2D eigenvalue weighted by Crippen LogP contribution is -2.19. The normalized spacial score (nSPS) is 16.0. The van der Waals surface area contributed by atoms with Gasteiger partial charge in [0, 0.05) is 17.8 Å². The molecule has 188 valence electrons. The monoisotopic (exact) mass is 504 g/mol. The van der Waals surface area contributed by atoms with Crippen LogP contribution in [0.3, 0.4) is 0 Å². The van der Waals surface area contributed by atoms with E-state index < -0.39 is 21.7 Å². The summed E-state index contributed by atoms with van der Waals surface area (Å²) in [4.78, 5) is 16.6. The second-order valence-corrected chi connectivity index (χ2v) is 11.1. The first-order valence-electron chi connectivity index (χ1n) is 12.2. The molecular weight excluding hydrogens is 472 g/mol. The van der Waals surface area contributed by atoms with Crippen molar-refractivity contribution in [2.45, 2.75) is 49.1 Å². The molecule has 1 aliphatic rings. The van der Waals surface area contributed by atoms with Crippen molar-refractivity contribution in [2.75, 3.05) is 18.2 Å². The van der Waals surface area contributed by atoms with Crippen molar-refractivity contribution >= 4 is 27.7 Å². The molecule has 36 heavy (non-hydrogen) atoms. The quantitative estimate of drug-likeness (QED) is 0.363. The third-order valence-electron chi connectivity index (χ3n) is 6.43. The molecule has 7 heteroatoms. The van der Waals surface area contributed by atoms with Crippen molar-refractivity contribution in [1.29, 1.82) is 0 Å². The van der Waals surface area contributed by atoms with E-state index in [1.807, 2.05) is 54.7 Å². The zero-order valence-corrected chi connectivity index (χ0v) is 21.3. The van der Waals surface area contributed by atoms with Crippen LogP contribution in [0, 0.1) is 0 Å². The molecule has 4 rings (SSSR count). The molecule has 2 atom stereocenters. The van der Waals surface area contributed by atoms with Gasteiger partial charge in [0.05, 0.1) is 24.2 Å². The molecule has 0 saturated carbocycles. The molecule has 3 aromatic carbocycles. The number of aryl methyl sites for hydroxylation is 2. The van der Waals surface area contributed by atoms with Gasteiger partial charge >= 0.3 is 5.97 Å². The van der Waals surface area contributed by atoms with Crippen molar-refractivity contribution in [1.82, 2.24) is 0 Å². The molecule has 0 spiro atoms. The van der Waals surface area contributed by atoms with Crippen LogP contribution < -0.4 is 5.32 Å². The van der Waals surface area contributed by atoms with Crippen LogP contribution in [0.5, 0.6) is 0 Å². The number of hydrogen-bond donors (Lipinski definition) is 1. The van der Waals surface area contributed by atoms with Gasteiger partial charge in [-0.25, -0.2) is 8.42 Å². The van der Waals surface area contributed by atoms with Crippen molar-refractivity contribution in [3.8, 4) is 0 Å². The van der Waals surface area contributed by atoms with E-state index in [9.17, 15) is 13.2 Å². The SMILES string of the molecule is COC(=O)CC(CS(=O)(=O)c1ccc(CCc2cccc(NC3CCC=N3)c2)cc1)c1ccccc1. The average Bonchev–Trinajstić information content (AvgIpc) is 3.41. The lowest BCUT2D eigenvalue weighted by atomic mass is 9.98. The molecular formula is C29H32N2O4S. The summed E-state index contributed by atoms with van der Waals surface area (Å²) in [5, 5.41) is 3.45. The number of nitrogens with zero attached hydrogens (tertiary/aromatic N) is 1. The number of methoxy groups -OCH3 is 1. The minimum atomic E-state index is -3.59. The Morgan fingerprint density at radius 2 is 1.75 bits per heavy atom. The van der Waals surface area contributed by atoms with E-state index in [0.717, 1.165) is 42.5 Å². The number of aliphatic imine (C=N–C) groups is 1. The van der Waals surface area contributed by atoms with Gasteiger partial charge in [-0.2, -0.15) is 0 Å². The summed E-state index contributed by atoms with van der Waals surface area (Å²) in [5.41, 5.74) is 4.16. The summed E-state index contributed by atoms with van der Waals surface area (Å²) in [7, 11) is -2.28. The minimum absolute atomic E-state index is 0.0127. The number of ether oxygens (including phenoxy) is 1. The molecule has 0 radical (unpaired) electrons. The highest BCUT2D eigenvalue weighted by molar-refractivity contribution is 7.91. The van der Waals surface area contributed by atoms with Gasteiger partial charge in [0.25, 0.3) is 0 Å². The van der Waals surface area contributed by atoms with Crippen LogP contribution in [0.2, 0.25) is 0 Å². The zero-order chi connectivity index (χ0) is 25.4. The average molecular weight is 505 g/mol. The molecule has 0 bridgehead atoms. The summed E-state index contributed by atoms with van der Waals surface area (Å²) >= 11 is 0. The van der Waals surface area contributed by atoms with Crippen molar-refractivity contribution in [3.63, 3.8) is 0 Å². The Morgan fingerprint density at radius 3 is 2.44 bits per heavy atom. The van der Waals surface area contributed by atoms with Crippen LogP contribution in [0.25, 0.3) is 0 Å². The molecule has 1 aliphatic heterocycles. The number of sulfone groups is 1. The Hall–Kier alpha value is -3.45. The molecule has 6 nitrogen and oxygen atoms in total. The standard InChI is InChI=1S/C29H32N2O4S/c1-35-29(32)20-25(24-8-3-2-4-9-24)21-36(33,34)27-16-14-22(15-17-27)12-13-23-7-5-10-26(19-23)31-28-11-6-18-30-28/h2-5,7-10,14-19,25,28,31H,6,11-13,20-21H2,1H3. The molecule has 0 fully saturated rings. The molecule has 2 unspecified atom stereocenters. The van der Waals surface area contributed by atoms with Crippen LogP contribution in [0.4, 0.5) is 5.69 Å². The third-order valence-corrected chi connectivity index (χ3v) is 8.26. The van der Waals surface area contributed by atoms with Gasteiger partial charge in [0.1, 0.15) is 6.17 Å². The number of benzene rings is 3. The first-order valence-corrected chi connectivity index (χ1v) is 13.9. The Morgan fingerprint density at radius 1 is 1.00 bits per heavy atom. The van der Waals surface area contributed by atoms with Gasteiger partial charge in [-0.05, 0) is 66.6 Å². The fourth-order valence-corrected chi connectivity index (χ4v) is 6.01. The summed E-state index contributed by atoms with van der Waals surface area (Å²) < 4.78 is 31.2. The summed E-state index contributed by atoms with van der Waals surface area (Å²) in [6.07, 6.45) is 5.83. The first kappa shape index (κ1) is 25.6. The van der Waals surface area contributed by atoms with Crippen LogP contribution in [-0.4, -0.2) is 39.6 Å². The Bertz CT molecular complexity index is 1290. The number of carbonyl (C=O) groups is 1. The summed E-state index contributed by atoms with van der Waals surface area (Å²) in [6.45, 7) is 0. The van der Waals surface area contributed by atoms with Gasteiger partial charge in [-0.1, -0.05) is 54.6 Å². The first-order chi connectivity index (χ1) is 17.4. The Kier molecular flexibility index (Phi) is 8.54. The number of rotatable bonds is 11. The fourth-order valence-electron chi connectivity index (χ4n) is 4.42. The highest BCUT2D eigenvalue weighted by Crippen LogP contribution is 2.26. The molecule has 3 aromatic rings. The molecule has 0 aliphatic carbocycles. The number of nitrogens with one attached hydrogen (secondary N) is 1. The number of anilines is 1. The topological polar surface area (TPSA) is 84.8 Å². The smallest absolute Gasteiger partial charge is 0.306 e. The lowest BCUT2D eigenvalue weighted by molar-refractivity contribution is -0.140. The van der Waals surface area contributed by atoms with Gasteiger partial charge < -0.3 is 10.1 Å². The second-order valence-electron chi connectivity index (χ2n) is 9.08. The van der Waals surface area contributed by atoms with Gasteiger partial charge in [0.15, 0.2) is 9.84 Å². The Labute approximate surface area is 213 Å². The van der Waals surface area contributed by atoms with E-state index in [4.69, 9.17) is 4.74 Å². The maximum atomic E-state index is 13.2. The van der Waals surface area contributed by atoms with Gasteiger partial charge in [-0.3, -0.25) is 9.79 Å². The molecule has 0 saturated heterocycles. The molecule has 1 N–H and O–H groups in total. The van der Waals surface area contributed by atoms with E-state index in [1.54, 1.807) is 12.1 Å². The van der Waals surface area contributed by atoms with Crippen molar-refractivity contribution < 1.29 is 17.9 Å². The Balaban J connectivity index is 1.39. The highest BCUT2D eigenvalue weighted by Gasteiger charge is 2.25. The molecule has 0 amide bonds. The van der Waals surface area contributed by atoms with Crippen LogP contribution in [0.1, 0.15) is 41.9 Å². The van der Waals surface area contributed by atoms with Crippen molar-refractivity contribution in [3.05, 3.63) is 95.6 Å². The number of hydrogen-bond acceptors (Lipinski definition) is 6. The summed E-state index contributed by atoms with van der Waals surface area (Å²) in [6, 6.07) is 24.7. The van der Waals surface area contributed by atoms with E-state index in [0.29, 0.717) is 0 Å². The predicted octanol–water partition coefficient (Wildman–Crippen LogP) is 5.20. The number of esters is 1. The molecule has 0 aromatic heterocycles. The highest BCUT2D eigenvalue weighted by atomic mass is 32.2. The maximum Gasteiger partial charge on any atom is 0.306 e. The van der Waals surface area contributed by atoms with Crippen molar-refractivity contribution in [2.24, 2.45) is 4.99 Å². The predicted molar refractivity (Wildman–Crippen MR) is 143 cm³/mol. The van der Waals surface area contributed by atoms with E-state index in [2.05, 4.69) is 28.5 Å². The van der Waals surface area contributed by atoms with Crippen LogP contribution in [0.15, 0.2) is 88.8 Å². The van der Waals surface area contributed by atoms with E-state index >= 15 is 0 Å². The largest absolute Gasteiger partial charge is 0.469 e. The second kappa shape index (κ2) is 12.0. The zero-order valence-electron chi connectivity index (χ0n) is 20.5. The minimum Gasteiger partial charge on any atom is -0.469 e. The third kappa shape index (κ3) is 7.04. The van der Waals surface area contributed by atoms with E-state index in [-0.39, 0.29) is 23.2 Å². The summed E-state index contributed by atoms with van der Waals surface area (Å²) in [5.74, 6) is -1.06.